The highest BCUT2D eigenvalue weighted by Gasteiger charge is 2.11. The van der Waals surface area contributed by atoms with Gasteiger partial charge in [0.1, 0.15) is 17.2 Å². The van der Waals surface area contributed by atoms with Crippen LogP contribution in [0, 0.1) is 0 Å². The molecule has 0 aliphatic carbocycles. The minimum absolute atomic E-state index is 0.228. The number of aryl methyl sites for hydroxylation is 1. The van der Waals surface area contributed by atoms with Crippen LogP contribution in [0.15, 0.2) is 28.9 Å². The number of aromatic nitrogens is 2. The first kappa shape index (κ1) is 12.0. The summed E-state index contributed by atoms with van der Waals surface area (Å²) in [4.78, 5) is 10.5. The lowest BCUT2D eigenvalue weighted by molar-refractivity contribution is 0.264. The standard InChI is InChI=1S/C13H13N3O2S/c1-2-9-6-10-11(15-13(14)16-12(10)19-9)18-7-8-4-3-5-17-8/h3-6H,2,7H2,1H3,(H2,14,15,16). The fourth-order valence-corrected chi connectivity index (χ4v) is 2.74. The van der Waals surface area contributed by atoms with E-state index < -0.39 is 0 Å². The van der Waals surface area contributed by atoms with Crippen molar-refractivity contribution in [1.29, 1.82) is 0 Å². The zero-order valence-corrected chi connectivity index (χ0v) is 11.2. The third kappa shape index (κ3) is 2.39. The smallest absolute Gasteiger partial charge is 0.227 e. The van der Waals surface area contributed by atoms with E-state index in [9.17, 15) is 0 Å². The van der Waals surface area contributed by atoms with Gasteiger partial charge in [0.2, 0.25) is 11.8 Å². The molecular formula is C13H13N3O2S. The summed E-state index contributed by atoms with van der Waals surface area (Å²) < 4.78 is 10.9. The van der Waals surface area contributed by atoms with Gasteiger partial charge in [0, 0.05) is 4.88 Å². The molecule has 2 N–H and O–H groups in total. The molecule has 0 atom stereocenters. The molecule has 0 saturated carbocycles. The molecule has 0 fully saturated rings. The Kier molecular flexibility index (Phi) is 3.08. The van der Waals surface area contributed by atoms with Crippen molar-refractivity contribution in [2.24, 2.45) is 0 Å². The van der Waals surface area contributed by atoms with Crippen LogP contribution in [0.25, 0.3) is 10.2 Å². The molecule has 0 spiro atoms. The van der Waals surface area contributed by atoms with Crippen LogP contribution in [-0.4, -0.2) is 9.97 Å². The number of furan rings is 1. The number of thiophene rings is 1. The van der Waals surface area contributed by atoms with Crippen molar-refractivity contribution in [3.05, 3.63) is 35.1 Å². The second-order valence-corrected chi connectivity index (χ2v) is 5.16. The quantitative estimate of drug-likeness (QED) is 0.792. The van der Waals surface area contributed by atoms with E-state index in [-0.39, 0.29) is 5.95 Å². The van der Waals surface area contributed by atoms with Crippen molar-refractivity contribution in [1.82, 2.24) is 9.97 Å². The maximum Gasteiger partial charge on any atom is 0.227 e. The van der Waals surface area contributed by atoms with Crippen LogP contribution in [0.4, 0.5) is 5.95 Å². The largest absolute Gasteiger partial charge is 0.469 e. The summed E-state index contributed by atoms with van der Waals surface area (Å²) in [7, 11) is 0. The highest BCUT2D eigenvalue weighted by atomic mass is 32.1. The molecular weight excluding hydrogens is 262 g/mol. The van der Waals surface area contributed by atoms with Crippen LogP contribution in [0.2, 0.25) is 0 Å². The molecule has 0 radical (unpaired) electrons. The van der Waals surface area contributed by atoms with Crippen molar-refractivity contribution < 1.29 is 9.15 Å². The van der Waals surface area contributed by atoms with Gasteiger partial charge in [-0.2, -0.15) is 4.98 Å². The molecule has 5 nitrogen and oxygen atoms in total. The molecule has 3 heterocycles. The summed E-state index contributed by atoms with van der Waals surface area (Å²) in [5.74, 6) is 1.48. The van der Waals surface area contributed by atoms with Gasteiger partial charge in [0.25, 0.3) is 0 Å². The van der Waals surface area contributed by atoms with E-state index >= 15 is 0 Å². The zero-order chi connectivity index (χ0) is 13.2. The predicted molar refractivity (Wildman–Crippen MR) is 74.2 cm³/mol. The molecule has 0 aliphatic heterocycles. The van der Waals surface area contributed by atoms with Crippen molar-refractivity contribution in [2.75, 3.05) is 5.73 Å². The van der Waals surface area contributed by atoms with Gasteiger partial charge in [-0.1, -0.05) is 6.92 Å². The lowest BCUT2D eigenvalue weighted by Crippen LogP contribution is -2.00. The van der Waals surface area contributed by atoms with Gasteiger partial charge in [-0.3, -0.25) is 0 Å². The van der Waals surface area contributed by atoms with E-state index in [0.29, 0.717) is 12.5 Å². The molecule has 6 heteroatoms. The van der Waals surface area contributed by atoms with Crippen LogP contribution >= 0.6 is 11.3 Å². The first-order valence-electron chi connectivity index (χ1n) is 5.97. The molecule has 3 aromatic heterocycles. The number of nitrogens with zero attached hydrogens (tertiary/aromatic N) is 2. The third-order valence-electron chi connectivity index (χ3n) is 2.71. The Morgan fingerprint density at radius 2 is 2.32 bits per heavy atom. The molecule has 0 amide bonds. The Morgan fingerprint density at radius 1 is 1.42 bits per heavy atom. The number of fused-ring (bicyclic) bond motifs is 1. The summed E-state index contributed by atoms with van der Waals surface area (Å²) in [6.45, 7) is 2.43. The van der Waals surface area contributed by atoms with Crippen molar-refractivity contribution >= 4 is 27.5 Å². The van der Waals surface area contributed by atoms with Crippen molar-refractivity contribution in [3.8, 4) is 5.88 Å². The molecule has 0 bridgehead atoms. The fourth-order valence-electron chi connectivity index (χ4n) is 1.78. The number of rotatable bonds is 4. The summed E-state index contributed by atoms with van der Waals surface area (Å²) in [5, 5.41) is 0.905. The number of anilines is 1. The van der Waals surface area contributed by atoms with Gasteiger partial charge in [-0.15, -0.1) is 11.3 Å². The Labute approximate surface area is 114 Å². The number of ether oxygens (including phenoxy) is 1. The van der Waals surface area contributed by atoms with E-state index in [1.165, 1.54) is 4.88 Å². The fraction of sp³-hybridized carbons (Fsp3) is 0.231. The van der Waals surface area contributed by atoms with E-state index in [1.54, 1.807) is 17.6 Å². The second kappa shape index (κ2) is 4.89. The predicted octanol–water partition coefficient (Wildman–Crippen LogP) is 3.01. The van der Waals surface area contributed by atoms with Gasteiger partial charge in [0.05, 0.1) is 11.6 Å². The average Bonchev–Trinajstić information content (AvgIpc) is 3.04. The number of nitrogen functional groups attached to an aromatic ring is 1. The normalized spacial score (nSPS) is 11.0. The minimum Gasteiger partial charge on any atom is -0.469 e. The van der Waals surface area contributed by atoms with Crippen LogP contribution in [-0.2, 0) is 13.0 Å². The molecule has 3 rings (SSSR count). The second-order valence-electron chi connectivity index (χ2n) is 4.04. The lowest BCUT2D eigenvalue weighted by atomic mass is 10.3. The maximum absolute atomic E-state index is 5.71. The van der Waals surface area contributed by atoms with Crippen LogP contribution < -0.4 is 10.5 Å². The summed E-state index contributed by atoms with van der Waals surface area (Å²) in [5.41, 5.74) is 5.71. The first-order chi connectivity index (χ1) is 9.26. The van der Waals surface area contributed by atoms with E-state index in [0.717, 1.165) is 22.4 Å². The van der Waals surface area contributed by atoms with Crippen LogP contribution in [0.3, 0.4) is 0 Å². The van der Waals surface area contributed by atoms with E-state index in [1.807, 2.05) is 12.1 Å². The van der Waals surface area contributed by atoms with Crippen LogP contribution in [0.1, 0.15) is 17.6 Å². The Bertz CT molecular complexity index is 691. The topological polar surface area (TPSA) is 74.2 Å². The molecule has 3 aromatic rings. The summed E-state index contributed by atoms with van der Waals surface area (Å²) in [6.07, 6.45) is 2.57. The van der Waals surface area contributed by atoms with Gasteiger partial charge >= 0.3 is 0 Å². The lowest BCUT2D eigenvalue weighted by Gasteiger charge is -2.04. The monoisotopic (exact) mass is 275 g/mol. The van der Waals surface area contributed by atoms with Gasteiger partial charge < -0.3 is 14.9 Å². The molecule has 0 saturated heterocycles. The SMILES string of the molecule is CCc1cc2c(OCc3ccco3)nc(N)nc2s1. The van der Waals surface area contributed by atoms with Crippen molar-refractivity contribution in [3.63, 3.8) is 0 Å². The van der Waals surface area contributed by atoms with E-state index in [4.69, 9.17) is 14.9 Å². The van der Waals surface area contributed by atoms with Crippen molar-refractivity contribution in [2.45, 2.75) is 20.0 Å². The number of hydrogen-bond acceptors (Lipinski definition) is 6. The van der Waals surface area contributed by atoms with Gasteiger partial charge in [0.15, 0.2) is 0 Å². The van der Waals surface area contributed by atoms with Gasteiger partial charge in [-0.05, 0) is 24.6 Å². The molecule has 19 heavy (non-hydrogen) atoms. The summed E-state index contributed by atoms with van der Waals surface area (Å²) in [6, 6.07) is 5.73. The third-order valence-corrected chi connectivity index (χ3v) is 3.88. The Morgan fingerprint density at radius 3 is 3.05 bits per heavy atom. The molecule has 98 valence electrons. The number of nitrogens with two attached hydrogens (primary N) is 1. The molecule has 0 unspecified atom stereocenters. The number of hydrogen-bond donors (Lipinski definition) is 1. The highest BCUT2D eigenvalue weighted by molar-refractivity contribution is 7.18. The Balaban J connectivity index is 1.94. The maximum atomic E-state index is 5.71. The molecule has 0 aliphatic rings. The first-order valence-corrected chi connectivity index (χ1v) is 6.79. The average molecular weight is 275 g/mol. The van der Waals surface area contributed by atoms with Crippen LogP contribution in [0.5, 0.6) is 5.88 Å². The minimum atomic E-state index is 0.228. The van der Waals surface area contributed by atoms with E-state index in [2.05, 4.69) is 23.0 Å². The summed E-state index contributed by atoms with van der Waals surface area (Å²) >= 11 is 1.61. The zero-order valence-electron chi connectivity index (χ0n) is 10.4. The highest BCUT2D eigenvalue weighted by Crippen LogP contribution is 2.31. The molecule has 0 aromatic carbocycles. The van der Waals surface area contributed by atoms with Gasteiger partial charge in [-0.25, -0.2) is 4.98 Å². The Hall–Kier alpha value is -2.08.